The number of carbonyl (C=O) groups excluding carboxylic acids is 2. The van der Waals surface area contributed by atoms with E-state index < -0.39 is 5.97 Å². The minimum atomic E-state index is -0.423. The van der Waals surface area contributed by atoms with Crippen LogP contribution in [0, 0.1) is 0 Å². The van der Waals surface area contributed by atoms with E-state index in [4.69, 9.17) is 4.74 Å². The first-order valence-corrected chi connectivity index (χ1v) is 5.30. The quantitative estimate of drug-likeness (QED) is 0.494. The van der Waals surface area contributed by atoms with Gasteiger partial charge in [0.2, 0.25) is 0 Å². The first kappa shape index (κ1) is 12.6. The van der Waals surface area contributed by atoms with Gasteiger partial charge >= 0.3 is 11.9 Å². The van der Waals surface area contributed by atoms with Crippen molar-refractivity contribution in [2.75, 3.05) is 12.9 Å². The second-order valence-corrected chi connectivity index (χ2v) is 3.41. The molecular weight excluding hydrogens is 228 g/mol. The number of benzene rings is 1. The van der Waals surface area contributed by atoms with Crippen molar-refractivity contribution in [1.82, 2.24) is 0 Å². The first-order valence-electron chi connectivity index (χ1n) is 4.67. The van der Waals surface area contributed by atoms with Crippen LogP contribution in [0.5, 0.6) is 5.75 Å². The topological polar surface area (TPSA) is 52.6 Å². The molecular formula is C11H12O4S. The first-order chi connectivity index (χ1) is 7.67. The molecule has 1 rings (SSSR count). The van der Waals surface area contributed by atoms with Crippen LogP contribution in [-0.2, 0) is 9.53 Å². The van der Waals surface area contributed by atoms with E-state index in [-0.39, 0.29) is 12.4 Å². The van der Waals surface area contributed by atoms with Crippen molar-refractivity contribution in [1.29, 1.82) is 0 Å². The Kier molecular flexibility index (Phi) is 4.85. The molecule has 0 amide bonds. The normalized spacial score (nSPS) is 9.62. The lowest BCUT2D eigenvalue weighted by molar-refractivity contribution is -0.133. The zero-order valence-electron chi connectivity index (χ0n) is 8.80. The van der Waals surface area contributed by atoms with Crippen molar-refractivity contribution < 1.29 is 19.1 Å². The van der Waals surface area contributed by atoms with Crippen molar-refractivity contribution in [3.8, 4) is 5.75 Å². The van der Waals surface area contributed by atoms with Crippen LogP contribution in [0.1, 0.15) is 16.8 Å². The average Bonchev–Trinajstić information content (AvgIpc) is 2.29. The highest BCUT2D eigenvalue weighted by Crippen LogP contribution is 2.13. The van der Waals surface area contributed by atoms with Crippen LogP contribution in [0.15, 0.2) is 24.3 Å². The standard InChI is InChI=1S/C11H12O4S/c1-14-11(13)8-2-4-9(5-3-8)15-10(12)6-7-16/h2-5,16H,6-7H2,1H3. The Morgan fingerprint density at radius 3 is 2.38 bits per heavy atom. The van der Waals surface area contributed by atoms with Gasteiger partial charge in [-0.25, -0.2) is 4.79 Å². The molecule has 0 spiro atoms. The molecule has 1 aromatic carbocycles. The molecule has 0 bridgehead atoms. The third-order valence-electron chi connectivity index (χ3n) is 1.82. The van der Waals surface area contributed by atoms with Crippen molar-refractivity contribution >= 4 is 24.6 Å². The molecule has 0 saturated carbocycles. The molecule has 86 valence electrons. The Balaban J connectivity index is 2.64. The molecule has 0 aliphatic heterocycles. The number of esters is 2. The Morgan fingerprint density at radius 2 is 1.88 bits per heavy atom. The number of rotatable bonds is 4. The maximum Gasteiger partial charge on any atom is 0.337 e. The summed E-state index contributed by atoms with van der Waals surface area (Å²) >= 11 is 3.92. The molecule has 0 heterocycles. The molecule has 0 atom stereocenters. The van der Waals surface area contributed by atoms with Crippen LogP contribution < -0.4 is 4.74 Å². The Bertz CT molecular complexity index is 372. The van der Waals surface area contributed by atoms with E-state index in [2.05, 4.69) is 17.4 Å². The zero-order chi connectivity index (χ0) is 12.0. The van der Waals surface area contributed by atoms with Gasteiger partial charge in [-0.1, -0.05) is 0 Å². The van der Waals surface area contributed by atoms with Crippen LogP contribution in [0.3, 0.4) is 0 Å². The van der Waals surface area contributed by atoms with Crippen molar-refractivity contribution in [2.45, 2.75) is 6.42 Å². The fourth-order valence-electron chi connectivity index (χ4n) is 1.05. The van der Waals surface area contributed by atoms with E-state index in [1.165, 1.54) is 19.2 Å². The van der Waals surface area contributed by atoms with Gasteiger partial charge in [-0.3, -0.25) is 4.79 Å². The summed E-state index contributed by atoms with van der Waals surface area (Å²) in [4.78, 5) is 22.2. The number of hydrogen-bond acceptors (Lipinski definition) is 5. The molecule has 0 aromatic heterocycles. The molecule has 0 unspecified atom stereocenters. The van der Waals surface area contributed by atoms with Gasteiger partial charge in [-0.15, -0.1) is 0 Å². The summed E-state index contributed by atoms with van der Waals surface area (Å²) in [7, 11) is 1.31. The molecule has 16 heavy (non-hydrogen) atoms. The summed E-state index contributed by atoms with van der Waals surface area (Å²) < 4.78 is 9.52. The van der Waals surface area contributed by atoms with E-state index in [9.17, 15) is 9.59 Å². The third-order valence-corrected chi connectivity index (χ3v) is 2.05. The lowest BCUT2D eigenvalue weighted by Crippen LogP contribution is -2.08. The molecule has 1 aromatic rings. The van der Waals surface area contributed by atoms with E-state index >= 15 is 0 Å². The van der Waals surface area contributed by atoms with Gasteiger partial charge in [0.1, 0.15) is 5.75 Å². The lowest BCUT2D eigenvalue weighted by atomic mass is 10.2. The lowest BCUT2D eigenvalue weighted by Gasteiger charge is -2.03. The number of hydrogen-bond donors (Lipinski definition) is 1. The average molecular weight is 240 g/mol. The van der Waals surface area contributed by atoms with Crippen molar-refractivity contribution in [3.05, 3.63) is 29.8 Å². The maximum absolute atomic E-state index is 11.1. The van der Waals surface area contributed by atoms with Gasteiger partial charge in [0, 0.05) is 5.75 Å². The van der Waals surface area contributed by atoms with Crippen LogP contribution in [0.4, 0.5) is 0 Å². The van der Waals surface area contributed by atoms with Gasteiger partial charge in [-0.05, 0) is 24.3 Å². The Morgan fingerprint density at radius 1 is 1.25 bits per heavy atom. The second-order valence-electron chi connectivity index (χ2n) is 2.96. The summed E-state index contributed by atoms with van der Waals surface area (Å²) in [5, 5.41) is 0. The molecule has 4 nitrogen and oxygen atoms in total. The predicted octanol–water partition coefficient (Wildman–Crippen LogP) is 1.70. The van der Waals surface area contributed by atoms with Crippen LogP contribution >= 0.6 is 12.6 Å². The van der Waals surface area contributed by atoms with E-state index in [0.717, 1.165) is 0 Å². The van der Waals surface area contributed by atoms with Crippen molar-refractivity contribution in [2.24, 2.45) is 0 Å². The highest BCUT2D eigenvalue weighted by Gasteiger charge is 2.06. The van der Waals surface area contributed by atoms with Crippen LogP contribution in [0.25, 0.3) is 0 Å². The Hall–Kier alpha value is -1.49. The molecule has 0 radical (unpaired) electrons. The summed E-state index contributed by atoms with van der Waals surface area (Å²) in [6.07, 6.45) is 0.252. The SMILES string of the molecule is COC(=O)c1ccc(OC(=O)CCS)cc1. The van der Waals surface area contributed by atoms with Crippen LogP contribution in [0.2, 0.25) is 0 Å². The molecule has 0 aliphatic carbocycles. The minimum Gasteiger partial charge on any atom is -0.465 e. The number of methoxy groups -OCH3 is 1. The molecule has 0 saturated heterocycles. The highest BCUT2D eigenvalue weighted by molar-refractivity contribution is 7.80. The summed E-state index contributed by atoms with van der Waals surface area (Å²) in [5.41, 5.74) is 0.413. The summed E-state index contributed by atoms with van der Waals surface area (Å²) in [6.45, 7) is 0. The van der Waals surface area contributed by atoms with Gasteiger partial charge in [-0.2, -0.15) is 12.6 Å². The Labute approximate surface area is 99.0 Å². The maximum atomic E-state index is 11.1. The fourth-order valence-corrected chi connectivity index (χ4v) is 1.23. The van der Waals surface area contributed by atoms with Crippen LogP contribution in [-0.4, -0.2) is 24.8 Å². The molecule has 5 heteroatoms. The monoisotopic (exact) mass is 240 g/mol. The smallest absolute Gasteiger partial charge is 0.337 e. The third kappa shape index (κ3) is 3.58. The summed E-state index contributed by atoms with van der Waals surface area (Å²) in [5.74, 6) is 0.0764. The zero-order valence-corrected chi connectivity index (χ0v) is 9.70. The number of thiol groups is 1. The predicted molar refractivity (Wildman–Crippen MR) is 61.9 cm³/mol. The summed E-state index contributed by atoms with van der Waals surface area (Å²) in [6, 6.07) is 6.16. The molecule has 0 N–H and O–H groups in total. The van der Waals surface area contributed by atoms with E-state index in [1.807, 2.05) is 0 Å². The molecule has 0 fully saturated rings. The van der Waals surface area contributed by atoms with Crippen molar-refractivity contribution in [3.63, 3.8) is 0 Å². The number of carbonyl (C=O) groups is 2. The van der Waals surface area contributed by atoms with Gasteiger partial charge in [0.25, 0.3) is 0 Å². The minimum absolute atomic E-state index is 0.252. The van der Waals surface area contributed by atoms with Gasteiger partial charge < -0.3 is 9.47 Å². The largest absolute Gasteiger partial charge is 0.465 e. The second kappa shape index (κ2) is 6.17. The van der Waals surface area contributed by atoms with E-state index in [0.29, 0.717) is 17.1 Å². The van der Waals surface area contributed by atoms with Gasteiger partial charge in [0.05, 0.1) is 19.1 Å². The molecule has 0 aliphatic rings. The fraction of sp³-hybridized carbons (Fsp3) is 0.273. The number of ether oxygens (including phenoxy) is 2. The highest BCUT2D eigenvalue weighted by atomic mass is 32.1. The van der Waals surface area contributed by atoms with E-state index in [1.54, 1.807) is 12.1 Å². The van der Waals surface area contributed by atoms with Gasteiger partial charge in [0.15, 0.2) is 0 Å².